The van der Waals surface area contributed by atoms with Crippen LogP contribution in [0.2, 0.25) is 0 Å². The highest BCUT2D eigenvalue weighted by Gasteiger charge is 2.12. The standard InChI is InChI=1S/C14H21N3O2/c1-2-19-14(18)11-5-6-13(16-10-11)17-12-4-3-8-15-9-7-12/h5-6,10,12,15H,2-4,7-9H2,1H3,(H,16,17). The summed E-state index contributed by atoms with van der Waals surface area (Å²) in [6, 6.07) is 4.04. The van der Waals surface area contributed by atoms with E-state index in [9.17, 15) is 4.79 Å². The molecule has 1 aromatic heterocycles. The third-order valence-electron chi connectivity index (χ3n) is 3.20. The molecule has 2 rings (SSSR count). The van der Waals surface area contributed by atoms with Gasteiger partial charge >= 0.3 is 5.97 Å². The minimum absolute atomic E-state index is 0.319. The first-order chi connectivity index (χ1) is 9.29. The Morgan fingerprint density at radius 2 is 2.37 bits per heavy atom. The number of nitrogens with one attached hydrogen (secondary N) is 2. The smallest absolute Gasteiger partial charge is 0.339 e. The normalized spacial score (nSPS) is 19.5. The molecule has 19 heavy (non-hydrogen) atoms. The lowest BCUT2D eigenvalue weighted by Crippen LogP contribution is -2.22. The Morgan fingerprint density at radius 3 is 3.11 bits per heavy atom. The summed E-state index contributed by atoms with van der Waals surface area (Å²) in [4.78, 5) is 15.8. The molecule has 0 bridgehead atoms. The van der Waals surface area contributed by atoms with Gasteiger partial charge in [0, 0.05) is 12.2 Å². The number of esters is 1. The average molecular weight is 263 g/mol. The second-order valence-electron chi connectivity index (χ2n) is 4.67. The fourth-order valence-electron chi connectivity index (χ4n) is 2.19. The molecule has 5 nitrogen and oxygen atoms in total. The van der Waals surface area contributed by atoms with E-state index in [-0.39, 0.29) is 5.97 Å². The molecular formula is C14H21N3O2. The topological polar surface area (TPSA) is 63.2 Å². The van der Waals surface area contributed by atoms with Gasteiger partial charge in [0.1, 0.15) is 5.82 Å². The third kappa shape index (κ3) is 4.21. The number of rotatable bonds is 4. The van der Waals surface area contributed by atoms with Gasteiger partial charge in [-0.3, -0.25) is 0 Å². The van der Waals surface area contributed by atoms with Gasteiger partial charge in [-0.25, -0.2) is 9.78 Å². The van der Waals surface area contributed by atoms with Crippen LogP contribution in [0, 0.1) is 0 Å². The largest absolute Gasteiger partial charge is 0.462 e. The zero-order valence-corrected chi connectivity index (χ0v) is 11.3. The Balaban J connectivity index is 1.92. The first-order valence-corrected chi connectivity index (χ1v) is 6.90. The van der Waals surface area contributed by atoms with Crippen molar-refractivity contribution < 1.29 is 9.53 Å². The number of carbonyl (C=O) groups is 1. The van der Waals surface area contributed by atoms with Crippen molar-refractivity contribution in [3.63, 3.8) is 0 Å². The number of hydrogen-bond donors (Lipinski definition) is 2. The van der Waals surface area contributed by atoms with E-state index in [0.717, 1.165) is 31.7 Å². The van der Waals surface area contributed by atoms with Crippen LogP contribution in [-0.2, 0) is 4.74 Å². The summed E-state index contributed by atoms with van der Waals surface area (Å²) >= 11 is 0. The predicted molar refractivity (Wildman–Crippen MR) is 74.3 cm³/mol. The summed E-state index contributed by atoms with van der Waals surface area (Å²) in [5.74, 6) is 0.500. The maximum Gasteiger partial charge on any atom is 0.339 e. The van der Waals surface area contributed by atoms with Crippen molar-refractivity contribution in [3.05, 3.63) is 23.9 Å². The Kier molecular flexibility index (Phi) is 5.15. The Bertz CT molecular complexity index is 398. The monoisotopic (exact) mass is 263 g/mol. The van der Waals surface area contributed by atoms with E-state index in [1.54, 1.807) is 19.2 Å². The summed E-state index contributed by atoms with van der Waals surface area (Å²) in [5.41, 5.74) is 0.495. The lowest BCUT2D eigenvalue weighted by molar-refractivity contribution is 0.0526. The lowest BCUT2D eigenvalue weighted by Gasteiger charge is -2.16. The SMILES string of the molecule is CCOC(=O)c1ccc(NC2CCCNCC2)nc1. The molecule has 0 spiro atoms. The molecule has 2 heterocycles. The van der Waals surface area contributed by atoms with Crippen LogP contribution in [0.1, 0.15) is 36.5 Å². The molecular weight excluding hydrogens is 242 g/mol. The Labute approximate surface area is 113 Å². The molecule has 0 aromatic carbocycles. The number of anilines is 1. The van der Waals surface area contributed by atoms with Crippen LogP contribution < -0.4 is 10.6 Å². The van der Waals surface area contributed by atoms with E-state index in [1.807, 2.05) is 6.07 Å². The van der Waals surface area contributed by atoms with Gasteiger partial charge < -0.3 is 15.4 Å². The number of hydrogen-bond acceptors (Lipinski definition) is 5. The van der Waals surface area contributed by atoms with Gasteiger partial charge in [-0.05, 0) is 51.4 Å². The number of nitrogens with zero attached hydrogens (tertiary/aromatic N) is 1. The van der Waals surface area contributed by atoms with E-state index in [1.165, 1.54) is 6.42 Å². The van der Waals surface area contributed by atoms with Crippen LogP contribution in [0.25, 0.3) is 0 Å². The number of pyridine rings is 1. The summed E-state index contributed by atoms with van der Waals surface area (Å²) < 4.78 is 4.93. The van der Waals surface area contributed by atoms with Crippen molar-refractivity contribution in [1.82, 2.24) is 10.3 Å². The number of ether oxygens (including phenoxy) is 1. The molecule has 0 saturated carbocycles. The maximum atomic E-state index is 11.5. The highest BCUT2D eigenvalue weighted by Crippen LogP contribution is 2.13. The molecule has 104 valence electrons. The van der Waals surface area contributed by atoms with Gasteiger partial charge in [-0.15, -0.1) is 0 Å². The summed E-state index contributed by atoms with van der Waals surface area (Å²) in [5, 5.41) is 6.80. The summed E-state index contributed by atoms with van der Waals surface area (Å²) in [6.07, 6.45) is 4.99. The molecule has 1 saturated heterocycles. The van der Waals surface area contributed by atoms with Crippen LogP contribution >= 0.6 is 0 Å². The molecule has 1 atom stereocenters. The van der Waals surface area contributed by atoms with Gasteiger partial charge in [0.15, 0.2) is 0 Å². The molecule has 2 N–H and O–H groups in total. The molecule has 5 heteroatoms. The molecule has 1 aliphatic rings. The van der Waals surface area contributed by atoms with Crippen molar-refractivity contribution in [3.8, 4) is 0 Å². The average Bonchev–Trinajstić information content (AvgIpc) is 2.68. The first kappa shape index (κ1) is 13.8. The predicted octanol–water partition coefficient (Wildman–Crippen LogP) is 1.81. The van der Waals surface area contributed by atoms with Crippen molar-refractivity contribution in [1.29, 1.82) is 0 Å². The van der Waals surface area contributed by atoms with Crippen LogP contribution in [0.15, 0.2) is 18.3 Å². The molecule has 1 aliphatic heterocycles. The van der Waals surface area contributed by atoms with Crippen molar-refractivity contribution >= 4 is 11.8 Å². The fraction of sp³-hybridized carbons (Fsp3) is 0.571. The number of carbonyl (C=O) groups excluding carboxylic acids is 1. The Hall–Kier alpha value is -1.62. The lowest BCUT2D eigenvalue weighted by atomic mass is 10.1. The molecule has 1 fully saturated rings. The highest BCUT2D eigenvalue weighted by atomic mass is 16.5. The van der Waals surface area contributed by atoms with Crippen LogP contribution in [0.5, 0.6) is 0 Å². The molecule has 1 unspecified atom stereocenters. The molecule has 0 radical (unpaired) electrons. The van der Waals surface area contributed by atoms with Gasteiger partial charge in [0.25, 0.3) is 0 Å². The molecule has 0 amide bonds. The van der Waals surface area contributed by atoms with Gasteiger partial charge in [-0.2, -0.15) is 0 Å². The zero-order valence-electron chi connectivity index (χ0n) is 11.3. The molecule has 0 aliphatic carbocycles. The van der Waals surface area contributed by atoms with Gasteiger partial charge in [-0.1, -0.05) is 0 Å². The number of aromatic nitrogens is 1. The second-order valence-corrected chi connectivity index (χ2v) is 4.67. The van der Waals surface area contributed by atoms with E-state index in [0.29, 0.717) is 18.2 Å². The Morgan fingerprint density at radius 1 is 1.47 bits per heavy atom. The quantitative estimate of drug-likeness (QED) is 0.811. The van der Waals surface area contributed by atoms with Crippen LogP contribution in [0.3, 0.4) is 0 Å². The van der Waals surface area contributed by atoms with E-state index >= 15 is 0 Å². The first-order valence-electron chi connectivity index (χ1n) is 6.90. The second kappa shape index (κ2) is 7.09. The minimum Gasteiger partial charge on any atom is -0.462 e. The van der Waals surface area contributed by atoms with Gasteiger partial charge in [0.05, 0.1) is 12.2 Å². The van der Waals surface area contributed by atoms with Gasteiger partial charge in [0.2, 0.25) is 0 Å². The summed E-state index contributed by atoms with van der Waals surface area (Å²) in [6.45, 7) is 4.31. The van der Waals surface area contributed by atoms with E-state index in [2.05, 4.69) is 15.6 Å². The van der Waals surface area contributed by atoms with Crippen molar-refractivity contribution in [2.24, 2.45) is 0 Å². The zero-order chi connectivity index (χ0) is 13.5. The van der Waals surface area contributed by atoms with Crippen molar-refractivity contribution in [2.45, 2.75) is 32.2 Å². The molecule has 1 aromatic rings. The fourth-order valence-corrected chi connectivity index (χ4v) is 2.19. The minimum atomic E-state index is -0.319. The van der Waals surface area contributed by atoms with Crippen LogP contribution in [0.4, 0.5) is 5.82 Å². The maximum absolute atomic E-state index is 11.5. The summed E-state index contributed by atoms with van der Waals surface area (Å²) in [7, 11) is 0. The highest BCUT2D eigenvalue weighted by molar-refractivity contribution is 5.89. The van der Waals surface area contributed by atoms with Crippen LogP contribution in [-0.4, -0.2) is 36.7 Å². The third-order valence-corrected chi connectivity index (χ3v) is 3.20. The van der Waals surface area contributed by atoms with Crippen molar-refractivity contribution in [2.75, 3.05) is 25.0 Å². The van der Waals surface area contributed by atoms with E-state index < -0.39 is 0 Å². The van der Waals surface area contributed by atoms with E-state index in [4.69, 9.17) is 4.74 Å².